The van der Waals surface area contributed by atoms with E-state index in [2.05, 4.69) is 31.7 Å². The van der Waals surface area contributed by atoms with Crippen molar-refractivity contribution in [1.82, 2.24) is 14.9 Å². The summed E-state index contributed by atoms with van der Waals surface area (Å²) in [7, 11) is 4.02. The summed E-state index contributed by atoms with van der Waals surface area (Å²) in [6.45, 7) is 0. The summed E-state index contributed by atoms with van der Waals surface area (Å²) < 4.78 is 2.06. The lowest BCUT2D eigenvalue weighted by Crippen LogP contribution is -2.20. The van der Waals surface area contributed by atoms with Crippen molar-refractivity contribution in [2.24, 2.45) is 7.05 Å². The van der Waals surface area contributed by atoms with Gasteiger partial charge in [-0.1, -0.05) is 0 Å². The Balaban J connectivity index is 2.15. The van der Waals surface area contributed by atoms with Crippen molar-refractivity contribution in [3.05, 3.63) is 40.6 Å². The van der Waals surface area contributed by atoms with Gasteiger partial charge in [0.25, 0.3) is 0 Å². The Hall–Kier alpha value is -1.13. The molecule has 1 atom stereocenters. The van der Waals surface area contributed by atoms with Crippen LogP contribution in [0.15, 0.2) is 29.4 Å². The molecule has 0 saturated heterocycles. The number of nitrogens with one attached hydrogen (secondary N) is 1. The van der Waals surface area contributed by atoms with Crippen LogP contribution in [0.2, 0.25) is 0 Å². The number of thiophene rings is 1. The summed E-state index contributed by atoms with van der Waals surface area (Å²) in [6, 6.07) is 2.51. The van der Waals surface area contributed by atoms with Crippen molar-refractivity contribution >= 4 is 11.3 Å². The number of hydrogen-bond acceptors (Lipinski definition) is 3. The van der Waals surface area contributed by atoms with Gasteiger partial charge in [-0.2, -0.15) is 11.3 Å². The first kappa shape index (κ1) is 10.4. The van der Waals surface area contributed by atoms with Gasteiger partial charge < -0.3 is 9.88 Å². The van der Waals surface area contributed by atoms with E-state index in [-0.39, 0.29) is 0 Å². The fourth-order valence-corrected chi connectivity index (χ4v) is 2.38. The zero-order valence-corrected chi connectivity index (χ0v) is 9.79. The molecule has 0 radical (unpaired) electrons. The monoisotopic (exact) mass is 221 g/mol. The molecule has 0 aliphatic heterocycles. The number of imidazole rings is 1. The van der Waals surface area contributed by atoms with Crippen molar-refractivity contribution in [2.45, 2.75) is 12.5 Å². The molecular formula is C11H15N3S. The van der Waals surface area contributed by atoms with Crippen molar-refractivity contribution in [1.29, 1.82) is 0 Å². The Morgan fingerprint density at radius 3 is 3.00 bits per heavy atom. The highest BCUT2D eigenvalue weighted by molar-refractivity contribution is 7.07. The van der Waals surface area contributed by atoms with E-state index in [1.165, 1.54) is 11.3 Å². The number of aromatic nitrogens is 2. The summed E-state index contributed by atoms with van der Waals surface area (Å²) in [6.07, 6.45) is 4.78. The number of rotatable bonds is 4. The molecule has 0 amide bonds. The second-order valence-corrected chi connectivity index (χ2v) is 4.39. The molecule has 3 nitrogen and oxygen atoms in total. The van der Waals surface area contributed by atoms with Crippen LogP contribution in [0.5, 0.6) is 0 Å². The zero-order valence-electron chi connectivity index (χ0n) is 8.97. The molecule has 80 valence electrons. The van der Waals surface area contributed by atoms with Gasteiger partial charge in [-0.15, -0.1) is 0 Å². The molecule has 0 aliphatic rings. The first-order valence-electron chi connectivity index (χ1n) is 4.96. The van der Waals surface area contributed by atoms with Crippen LogP contribution in [0.1, 0.15) is 17.3 Å². The molecule has 0 spiro atoms. The van der Waals surface area contributed by atoms with Crippen molar-refractivity contribution in [3.63, 3.8) is 0 Å². The highest BCUT2D eigenvalue weighted by Crippen LogP contribution is 2.18. The molecule has 0 aliphatic carbocycles. The predicted molar refractivity (Wildman–Crippen MR) is 63.0 cm³/mol. The maximum absolute atomic E-state index is 4.15. The normalized spacial score (nSPS) is 12.9. The van der Waals surface area contributed by atoms with Crippen LogP contribution < -0.4 is 5.32 Å². The molecule has 2 aromatic rings. The first-order valence-corrected chi connectivity index (χ1v) is 5.90. The molecule has 0 fully saturated rings. The highest BCUT2D eigenvalue weighted by atomic mass is 32.1. The van der Waals surface area contributed by atoms with Crippen molar-refractivity contribution < 1.29 is 0 Å². The Labute approximate surface area is 93.8 Å². The standard InChI is InChI=1S/C11H15N3S/c1-12-10(5-9-3-4-15-7-9)11-6-13-8-14(11)2/h3-4,6-8,10,12H,5H2,1-2H3. The first-order chi connectivity index (χ1) is 7.31. The van der Waals surface area contributed by atoms with Gasteiger partial charge >= 0.3 is 0 Å². The van der Waals surface area contributed by atoms with E-state index in [0.717, 1.165) is 6.42 Å². The number of nitrogens with zero attached hydrogens (tertiary/aromatic N) is 2. The summed E-state index contributed by atoms with van der Waals surface area (Å²) >= 11 is 1.74. The average Bonchev–Trinajstić information content (AvgIpc) is 2.85. The van der Waals surface area contributed by atoms with Gasteiger partial charge in [0.1, 0.15) is 0 Å². The maximum Gasteiger partial charge on any atom is 0.0946 e. The Kier molecular flexibility index (Phi) is 3.18. The van der Waals surface area contributed by atoms with Crippen LogP contribution in [0.25, 0.3) is 0 Å². The Bertz CT molecular complexity index is 405. The summed E-state index contributed by atoms with van der Waals surface area (Å²) in [5, 5.41) is 7.64. The lowest BCUT2D eigenvalue weighted by atomic mass is 10.1. The SMILES string of the molecule is CNC(Cc1ccsc1)c1cncn1C. The van der Waals surface area contributed by atoms with Crippen LogP contribution in [0, 0.1) is 0 Å². The molecule has 1 unspecified atom stereocenters. The van der Waals surface area contributed by atoms with E-state index in [9.17, 15) is 0 Å². The fraction of sp³-hybridized carbons (Fsp3) is 0.364. The molecule has 2 heterocycles. The summed E-state index contributed by atoms with van der Waals surface area (Å²) in [4.78, 5) is 4.15. The molecule has 0 bridgehead atoms. The molecule has 0 saturated carbocycles. The third kappa shape index (κ3) is 2.27. The molecule has 4 heteroatoms. The average molecular weight is 221 g/mol. The quantitative estimate of drug-likeness (QED) is 0.855. The number of hydrogen-bond donors (Lipinski definition) is 1. The predicted octanol–water partition coefficient (Wildman–Crippen LogP) is 1.98. The lowest BCUT2D eigenvalue weighted by Gasteiger charge is -2.15. The van der Waals surface area contributed by atoms with Crippen LogP contribution in [0.4, 0.5) is 0 Å². The Morgan fingerprint density at radius 1 is 1.60 bits per heavy atom. The smallest absolute Gasteiger partial charge is 0.0946 e. The van der Waals surface area contributed by atoms with Crippen molar-refractivity contribution in [3.8, 4) is 0 Å². The van der Waals surface area contributed by atoms with Gasteiger partial charge in [0, 0.05) is 13.2 Å². The summed E-state index contributed by atoms with van der Waals surface area (Å²) in [5.74, 6) is 0. The molecule has 15 heavy (non-hydrogen) atoms. The molecule has 2 rings (SSSR count). The Morgan fingerprint density at radius 2 is 2.47 bits per heavy atom. The van der Waals surface area contributed by atoms with Crippen LogP contribution >= 0.6 is 11.3 Å². The third-order valence-corrected chi connectivity index (χ3v) is 3.31. The minimum absolute atomic E-state index is 0.340. The minimum Gasteiger partial charge on any atom is -0.336 e. The number of likely N-dealkylation sites (N-methyl/N-ethyl adjacent to an activating group) is 1. The van der Waals surface area contributed by atoms with E-state index >= 15 is 0 Å². The lowest BCUT2D eigenvalue weighted by molar-refractivity contribution is 0.556. The molecular weight excluding hydrogens is 206 g/mol. The van der Waals surface area contributed by atoms with E-state index < -0.39 is 0 Å². The fourth-order valence-electron chi connectivity index (χ4n) is 1.70. The van der Waals surface area contributed by atoms with Gasteiger partial charge in [-0.25, -0.2) is 4.98 Å². The molecule has 0 aromatic carbocycles. The van der Waals surface area contributed by atoms with E-state index in [1.807, 2.05) is 26.6 Å². The third-order valence-electron chi connectivity index (χ3n) is 2.58. The van der Waals surface area contributed by atoms with E-state index in [1.54, 1.807) is 11.3 Å². The summed E-state index contributed by atoms with van der Waals surface area (Å²) in [5.41, 5.74) is 2.60. The van der Waals surface area contributed by atoms with Crippen molar-refractivity contribution in [2.75, 3.05) is 7.05 Å². The maximum atomic E-state index is 4.15. The van der Waals surface area contributed by atoms with Crippen LogP contribution in [0.3, 0.4) is 0 Å². The second-order valence-electron chi connectivity index (χ2n) is 3.61. The number of aryl methyl sites for hydroxylation is 1. The topological polar surface area (TPSA) is 29.9 Å². The minimum atomic E-state index is 0.340. The molecule has 2 aromatic heterocycles. The van der Waals surface area contributed by atoms with Gasteiger partial charge in [0.15, 0.2) is 0 Å². The van der Waals surface area contributed by atoms with E-state index in [0.29, 0.717) is 6.04 Å². The largest absolute Gasteiger partial charge is 0.336 e. The second kappa shape index (κ2) is 4.59. The van der Waals surface area contributed by atoms with Gasteiger partial charge in [-0.05, 0) is 35.9 Å². The van der Waals surface area contributed by atoms with Crippen LogP contribution in [-0.2, 0) is 13.5 Å². The van der Waals surface area contributed by atoms with E-state index in [4.69, 9.17) is 0 Å². The van der Waals surface area contributed by atoms with Gasteiger partial charge in [0.05, 0.1) is 18.1 Å². The van der Waals surface area contributed by atoms with Gasteiger partial charge in [0.2, 0.25) is 0 Å². The zero-order chi connectivity index (χ0) is 10.7. The van der Waals surface area contributed by atoms with Crippen LogP contribution in [-0.4, -0.2) is 16.6 Å². The molecule has 1 N–H and O–H groups in total. The van der Waals surface area contributed by atoms with Gasteiger partial charge in [-0.3, -0.25) is 0 Å². The highest BCUT2D eigenvalue weighted by Gasteiger charge is 2.13.